The van der Waals surface area contributed by atoms with Gasteiger partial charge in [-0.2, -0.15) is 11.8 Å². The van der Waals surface area contributed by atoms with Gasteiger partial charge < -0.3 is 10.6 Å². The highest BCUT2D eigenvalue weighted by molar-refractivity contribution is 8.00. The molecule has 0 spiro atoms. The summed E-state index contributed by atoms with van der Waals surface area (Å²) in [5.74, 6) is 0.0667. The summed E-state index contributed by atoms with van der Waals surface area (Å²) in [5, 5.41) is 6.26. The predicted octanol–water partition coefficient (Wildman–Crippen LogP) is 2.46. The van der Waals surface area contributed by atoms with Crippen LogP contribution in [0, 0.1) is 0 Å². The van der Waals surface area contributed by atoms with Gasteiger partial charge in [0.05, 0.1) is 0 Å². The molecule has 3 nitrogen and oxygen atoms in total. The smallest absolute Gasteiger partial charge is 0.251 e. The Morgan fingerprint density at radius 2 is 2.10 bits per heavy atom. The second-order valence-electron chi connectivity index (χ2n) is 5.43. The zero-order valence-electron chi connectivity index (χ0n) is 12.4. The molecule has 0 unspecified atom stereocenters. The van der Waals surface area contributed by atoms with Crippen LogP contribution in [0.4, 0.5) is 0 Å². The number of thioether (sulfide) groups is 1. The van der Waals surface area contributed by atoms with Gasteiger partial charge in [-0.25, -0.2) is 0 Å². The molecule has 0 saturated heterocycles. The Kier molecular flexibility index (Phi) is 5.49. The molecular formula is C16H24N2OS. The third-order valence-corrected chi connectivity index (χ3v) is 5.59. The van der Waals surface area contributed by atoms with Gasteiger partial charge in [-0.05, 0) is 50.7 Å². The van der Waals surface area contributed by atoms with Crippen molar-refractivity contribution in [3.63, 3.8) is 0 Å². The van der Waals surface area contributed by atoms with E-state index in [0.717, 1.165) is 30.6 Å². The van der Waals surface area contributed by atoms with Gasteiger partial charge in [-0.3, -0.25) is 4.79 Å². The summed E-state index contributed by atoms with van der Waals surface area (Å²) in [7, 11) is 1.93. The molecule has 1 fully saturated rings. The van der Waals surface area contributed by atoms with Crippen molar-refractivity contribution in [2.75, 3.05) is 26.4 Å². The predicted molar refractivity (Wildman–Crippen MR) is 86.5 cm³/mol. The molecule has 1 aromatic carbocycles. The molecule has 0 radical (unpaired) electrons. The highest BCUT2D eigenvalue weighted by atomic mass is 32.2. The number of hydrogen-bond donors (Lipinski definition) is 2. The monoisotopic (exact) mass is 292 g/mol. The fraction of sp³-hybridized carbons (Fsp3) is 0.562. The lowest BCUT2D eigenvalue weighted by molar-refractivity contribution is 0.0943. The SMILES string of the molecule is CNCCc1ccccc1C(=O)NCC1(SC)CCC1. The lowest BCUT2D eigenvalue weighted by Crippen LogP contribution is -2.45. The van der Waals surface area contributed by atoms with Crippen LogP contribution in [0.15, 0.2) is 24.3 Å². The maximum absolute atomic E-state index is 12.4. The van der Waals surface area contributed by atoms with Crippen molar-refractivity contribution in [2.24, 2.45) is 0 Å². The Balaban J connectivity index is 1.98. The summed E-state index contributed by atoms with van der Waals surface area (Å²) in [5.41, 5.74) is 1.93. The van der Waals surface area contributed by atoms with Crippen molar-refractivity contribution in [3.8, 4) is 0 Å². The Bertz CT molecular complexity index is 452. The molecule has 1 aliphatic carbocycles. The summed E-state index contributed by atoms with van der Waals surface area (Å²) >= 11 is 1.89. The van der Waals surface area contributed by atoms with Crippen LogP contribution >= 0.6 is 11.8 Å². The summed E-state index contributed by atoms with van der Waals surface area (Å²) in [6.45, 7) is 1.67. The van der Waals surface area contributed by atoms with Crippen molar-refractivity contribution in [2.45, 2.75) is 30.4 Å². The molecule has 1 saturated carbocycles. The Hall–Kier alpha value is -1.00. The Morgan fingerprint density at radius 3 is 2.70 bits per heavy atom. The molecule has 1 amide bonds. The first-order chi connectivity index (χ1) is 9.71. The molecular weight excluding hydrogens is 268 g/mol. The van der Waals surface area contributed by atoms with Crippen LogP contribution in [0.3, 0.4) is 0 Å². The van der Waals surface area contributed by atoms with Gasteiger partial charge in [0, 0.05) is 16.9 Å². The van der Waals surface area contributed by atoms with Crippen molar-refractivity contribution >= 4 is 17.7 Å². The number of rotatable bonds is 7. The normalized spacial score (nSPS) is 16.5. The average Bonchev–Trinajstić information content (AvgIpc) is 2.44. The largest absolute Gasteiger partial charge is 0.351 e. The number of benzene rings is 1. The van der Waals surface area contributed by atoms with Gasteiger partial charge in [-0.1, -0.05) is 24.6 Å². The van der Waals surface area contributed by atoms with E-state index in [1.807, 2.05) is 43.1 Å². The minimum Gasteiger partial charge on any atom is -0.351 e. The number of likely N-dealkylation sites (N-methyl/N-ethyl adjacent to an activating group) is 1. The van der Waals surface area contributed by atoms with Crippen LogP contribution in [0.1, 0.15) is 35.2 Å². The fourth-order valence-electron chi connectivity index (χ4n) is 2.58. The molecule has 0 bridgehead atoms. The number of nitrogens with one attached hydrogen (secondary N) is 2. The van der Waals surface area contributed by atoms with E-state index in [4.69, 9.17) is 0 Å². The first-order valence-electron chi connectivity index (χ1n) is 7.27. The molecule has 0 atom stereocenters. The topological polar surface area (TPSA) is 41.1 Å². The van der Waals surface area contributed by atoms with Crippen LogP contribution in [0.5, 0.6) is 0 Å². The number of hydrogen-bond acceptors (Lipinski definition) is 3. The first-order valence-corrected chi connectivity index (χ1v) is 8.49. The molecule has 2 N–H and O–H groups in total. The van der Waals surface area contributed by atoms with Gasteiger partial charge in [0.25, 0.3) is 5.91 Å². The molecule has 0 heterocycles. The maximum atomic E-state index is 12.4. The minimum atomic E-state index is 0.0667. The molecule has 2 rings (SSSR count). The van der Waals surface area contributed by atoms with E-state index < -0.39 is 0 Å². The van der Waals surface area contributed by atoms with E-state index >= 15 is 0 Å². The highest BCUT2D eigenvalue weighted by Gasteiger charge is 2.36. The van der Waals surface area contributed by atoms with E-state index in [1.54, 1.807) is 0 Å². The lowest BCUT2D eigenvalue weighted by atomic mass is 9.84. The standard InChI is InChI=1S/C16H24N2OS/c1-17-11-8-13-6-3-4-7-14(13)15(19)18-12-16(20-2)9-5-10-16/h3-4,6-7,17H,5,8-12H2,1-2H3,(H,18,19). The van der Waals surface area contributed by atoms with Crippen LogP contribution in [0.25, 0.3) is 0 Å². The van der Waals surface area contributed by atoms with E-state index in [0.29, 0.717) is 0 Å². The van der Waals surface area contributed by atoms with Crippen LogP contribution < -0.4 is 10.6 Å². The molecule has 1 aromatic rings. The van der Waals surface area contributed by atoms with E-state index in [-0.39, 0.29) is 10.7 Å². The zero-order valence-corrected chi connectivity index (χ0v) is 13.2. The van der Waals surface area contributed by atoms with Crippen LogP contribution in [-0.4, -0.2) is 37.0 Å². The maximum Gasteiger partial charge on any atom is 0.251 e. The summed E-state index contributed by atoms with van der Waals surface area (Å²) in [6.07, 6.45) is 6.75. The van der Waals surface area contributed by atoms with E-state index in [1.165, 1.54) is 19.3 Å². The molecule has 0 aromatic heterocycles. The second-order valence-corrected chi connectivity index (χ2v) is 6.71. The number of carbonyl (C=O) groups excluding carboxylic acids is 1. The summed E-state index contributed by atoms with van der Waals surface area (Å²) in [6, 6.07) is 7.90. The van der Waals surface area contributed by atoms with Crippen molar-refractivity contribution in [1.29, 1.82) is 0 Å². The Labute approximate surface area is 125 Å². The van der Waals surface area contributed by atoms with E-state index in [2.05, 4.69) is 16.9 Å². The first kappa shape index (κ1) is 15.4. The third-order valence-electron chi connectivity index (χ3n) is 4.18. The Morgan fingerprint density at radius 1 is 1.35 bits per heavy atom. The van der Waals surface area contributed by atoms with Gasteiger partial charge in [-0.15, -0.1) is 0 Å². The van der Waals surface area contributed by atoms with Gasteiger partial charge in [0.2, 0.25) is 0 Å². The average molecular weight is 292 g/mol. The molecule has 20 heavy (non-hydrogen) atoms. The van der Waals surface area contributed by atoms with Crippen molar-refractivity contribution < 1.29 is 4.79 Å². The van der Waals surface area contributed by atoms with Crippen LogP contribution in [-0.2, 0) is 6.42 Å². The summed E-state index contributed by atoms with van der Waals surface area (Å²) < 4.78 is 0.287. The van der Waals surface area contributed by atoms with Crippen molar-refractivity contribution in [3.05, 3.63) is 35.4 Å². The lowest BCUT2D eigenvalue weighted by Gasteiger charge is -2.40. The highest BCUT2D eigenvalue weighted by Crippen LogP contribution is 2.42. The zero-order chi connectivity index (χ0) is 14.4. The second kappa shape index (κ2) is 7.14. The third kappa shape index (κ3) is 3.55. The van der Waals surface area contributed by atoms with Gasteiger partial charge >= 0.3 is 0 Å². The molecule has 1 aliphatic rings. The number of amides is 1. The molecule has 4 heteroatoms. The quantitative estimate of drug-likeness (QED) is 0.811. The molecule has 110 valence electrons. The minimum absolute atomic E-state index is 0.0667. The van der Waals surface area contributed by atoms with Gasteiger partial charge in [0.1, 0.15) is 0 Å². The molecule has 0 aliphatic heterocycles. The van der Waals surface area contributed by atoms with Crippen molar-refractivity contribution in [1.82, 2.24) is 10.6 Å². The van der Waals surface area contributed by atoms with Crippen LogP contribution in [0.2, 0.25) is 0 Å². The number of carbonyl (C=O) groups is 1. The summed E-state index contributed by atoms with van der Waals surface area (Å²) in [4.78, 5) is 12.4. The van der Waals surface area contributed by atoms with Gasteiger partial charge in [0.15, 0.2) is 0 Å². The fourth-order valence-corrected chi connectivity index (χ4v) is 3.49. The van der Waals surface area contributed by atoms with E-state index in [9.17, 15) is 4.79 Å².